The second-order valence-electron chi connectivity index (χ2n) is 6.04. The first kappa shape index (κ1) is 16.0. The van der Waals surface area contributed by atoms with Crippen LogP contribution in [0, 0.1) is 6.92 Å². The smallest absolute Gasteiger partial charge is 0.251 e. The minimum Gasteiger partial charge on any atom is -0.370 e. The minimum absolute atomic E-state index is 0.139. The number of aryl methyl sites for hydroxylation is 1. The Labute approximate surface area is 137 Å². The first-order valence-corrected chi connectivity index (χ1v) is 8.42. The largest absolute Gasteiger partial charge is 0.370 e. The summed E-state index contributed by atoms with van der Waals surface area (Å²) in [5, 5.41) is 3.23. The molecule has 3 heterocycles. The predicted molar refractivity (Wildman–Crippen MR) is 88.7 cm³/mol. The first-order chi connectivity index (χ1) is 11.2. The molecule has 1 aromatic rings. The fourth-order valence-electron chi connectivity index (χ4n) is 3.07. The third-order valence-corrected chi connectivity index (χ3v) is 4.28. The quantitative estimate of drug-likeness (QED) is 0.894. The van der Waals surface area contributed by atoms with Crippen LogP contribution in [0.4, 0.5) is 11.8 Å². The lowest BCUT2D eigenvalue weighted by atomic mass is 10.2. The van der Waals surface area contributed by atoms with Gasteiger partial charge in [-0.05, 0) is 26.7 Å². The van der Waals surface area contributed by atoms with Gasteiger partial charge in [-0.25, -0.2) is 4.98 Å². The summed E-state index contributed by atoms with van der Waals surface area (Å²) in [7, 11) is 0. The van der Waals surface area contributed by atoms with E-state index in [0.29, 0.717) is 19.7 Å². The summed E-state index contributed by atoms with van der Waals surface area (Å²) in [6.07, 6.45) is 1.62. The molecule has 1 unspecified atom stereocenters. The van der Waals surface area contributed by atoms with Crippen LogP contribution in [-0.4, -0.2) is 66.2 Å². The Morgan fingerprint density at radius 3 is 2.78 bits per heavy atom. The van der Waals surface area contributed by atoms with Crippen molar-refractivity contribution in [2.24, 2.45) is 0 Å². The molecule has 0 spiro atoms. The molecule has 0 radical (unpaired) electrons. The Balaban J connectivity index is 1.61. The van der Waals surface area contributed by atoms with Crippen molar-refractivity contribution >= 4 is 17.7 Å². The van der Waals surface area contributed by atoms with E-state index in [0.717, 1.165) is 49.9 Å². The van der Waals surface area contributed by atoms with Crippen molar-refractivity contribution < 1.29 is 9.53 Å². The van der Waals surface area contributed by atoms with Gasteiger partial charge in [-0.3, -0.25) is 4.79 Å². The standard InChI is InChI=1S/C16H25N5O2/c1-3-17-14-11-12(2)18-16(19-14)21-8-6-20(7-9-21)15(22)13-5-4-10-23-13/h11,13H,3-10H2,1-2H3,(H,17,18,19). The van der Waals surface area contributed by atoms with Crippen LogP contribution in [0.1, 0.15) is 25.5 Å². The highest BCUT2D eigenvalue weighted by Crippen LogP contribution is 2.18. The molecule has 7 heteroatoms. The van der Waals surface area contributed by atoms with E-state index in [2.05, 4.69) is 20.2 Å². The van der Waals surface area contributed by atoms with Gasteiger partial charge in [0.2, 0.25) is 5.95 Å². The number of piperazine rings is 1. The monoisotopic (exact) mass is 319 g/mol. The molecule has 23 heavy (non-hydrogen) atoms. The van der Waals surface area contributed by atoms with Crippen LogP contribution in [0.25, 0.3) is 0 Å². The molecule has 1 N–H and O–H groups in total. The summed E-state index contributed by atoms with van der Waals surface area (Å²) in [6.45, 7) is 8.48. The van der Waals surface area contributed by atoms with Crippen molar-refractivity contribution in [3.63, 3.8) is 0 Å². The number of hydrogen-bond donors (Lipinski definition) is 1. The highest BCUT2D eigenvalue weighted by molar-refractivity contribution is 5.81. The number of hydrogen-bond acceptors (Lipinski definition) is 6. The van der Waals surface area contributed by atoms with Gasteiger partial charge in [0.1, 0.15) is 11.9 Å². The molecule has 1 aromatic heterocycles. The minimum atomic E-state index is -0.225. The van der Waals surface area contributed by atoms with Gasteiger partial charge in [0, 0.05) is 51.1 Å². The van der Waals surface area contributed by atoms with E-state index >= 15 is 0 Å². The molecule has 0 bridgehead atoms. The van der Waals surface area contributed by atoms with Crippen molar-refractivity contribution in [1.29, 1.82) is 0 Å². The zero-order chi connectivity index (χ0) is 16.2. The zero-order valence-corrected chi connectivity index (χ0v) is 13.9. The molecule has 0 aliphatic carbocycles. The Morgan fingerprint density at radius 2 is 2.13 bits per heavy atom. The number of anilines is 2. The molecule has 3 rings (SSSR count). The topological polar surface area (TPSA) is 70.6 Å². The fraction of sp³-hybridized carbons (Fsp3) is 0.688. The third kappa shape index (κ3) is 3.72. The van der Waals surface area contributed by atoms with Gasteiger partial charge in [-0.2, -0.15) is 4.98 Å². The highest BCUT2D eigenvalue weighted by atomic mass is 16.5. The summed E-state index contributed by atoms with van der Waals surface area (Å²) in [6, 6.07) is 1.95. The van der Waals surface area contributed by atoms with Crippen LogP contribution in [0.15, 0.2) is 6.07 Å². The number of ether oxygens (including phenoxy) is 1. The average Bonchev–Trinajstić information content (AvgIpc) is 3.08. The molecular formula is C16H25N5O2. The van der Waals surface area contributed by atoms with Crippen molar-refractivity contribution in [3.05, 3.63) is 11.8 Å². The third-order valence-electron chi connectivity index (χ3n) is 4.28. The van der Waals surface area contributed by atoms with E-state index in [1.807, 2.05) is 24.8 Å². The van der Waals surface area contributed by atoms with Crippen LogP contribution < -0.4 is 10.2 Å². The number of amides is 1. The zero-order valence-electron chi connectivity index (χ0n) is 13.9. The lowest BCUT2D eigenvalue weighted by Gasteiger charge is -2.35. The molecule has 2 aliphatic heterocycles. The van der Waals surface area contributed by atoms with Gasteiger partial charge in [-0.15, -0.1) is 0 Å². The number of aromatic nitrogens is 2. The number of rotatable bonds is 4. The van der Waals surface area contributed by atoms with Crippen LogP contribution >= 0.6 is 0 Å². The molecule has 1 atom stereocenters. The molecule has 2 fully saturated rings. The summed E-state index contributed by atoms with van der Waals surface area (Å²) in [5.41, 5.74) is 0.948. The molecule has 2 saturated heterocycles. The Hall–Kier alpha value is -1.89. The van der Waals surface area contributed by atoms with E-state index in [9.17, 15) is 4.79 Å². The van der Waals surface area contributed by atoms with Gasteiger partial charge < -0.3 is 19.9 Å². The fourth-order valence-corrected chi connectivity index (χ4v) is 3.07. The van der Waals surface area contributed by atoms with Crippen LogP contribution in [0.2, 0.25) is 0 Å². The van der Waals surface area contributed by atoms with Crippen molar-refractivity contribution in [2.75, 3.05) is 49.5 Å². The van der Waals surface area contributed by atoms with Gasteiger partial charge in [-0.1, -0.05) is 0 Å². The molecular weight excluding hydrogens is 294 g/mol. The summed E-state index contributed by atoms with van der Waals surface area (Å²) >= 11 is 0. The number of nitrogens with zero attached hydrogens (tertiary/aromatic N) is 4. The number of carbonyl (C=O) groups is 1. The first-order valence-electron chi connectivity index (χ1n) is 8.42. The molecule has 2 aliphatic rings. The maximum atomic E-state index is 12.4. The summed E-state index contributed by atoms with van der Waals surface area (Å²) in [5.74, 6) is 1.73. The predicted octanol–water partition coefficient (Wildman–Crippen LogP) is 1.04. The lowest BCUT2D eigenvalue weighted by Crippen LogP contribution is -2.51. The van der Waals surface area contributed by atoms with Gasteiger partial charge in [0.25, 0.3) is 5.91 Å². The Bertz CT molecular complexity index is 551. The second-order valence-corrected chi connectivity index (χ2v) is 6.04. The van der Waals surface area contributed by atoms with E-state index < -0.39 is 0 Å². The average molecular weight is 319 g/mol. The van der Waals surface area contributed by atoms with Gasteiger partial charge in [0.05, 0.1) is 0 Å². The Morgan fingerprint density at radius 1 is 1.35 bits per heavy atom. The normalized spacial score (nSPS) is 21.6. The second kappa shape index (κ2) is 7.12. The van der Waals surface area contributed by atoms with Crippen molar-refractivity contribution in [3.8, 4) is 0 Å². The van der Waals surface area contributed by atoms with E-state index in [4.69, 9.17) is 4.74 Å². The SMILES string of the molecule is CCNc1cc(C)nc(N2CCN(C(=O)C3CCCO3)CC2)n1. The van der Waals surface area contributed by atoms with E-state index in [-0.39, 0.29) is 12.0 Å². The molecule has 0 saturated carbocycles. The van der Waals surface area contributed by atoms with Crippen molar-refractivity contribution in [2.45, 2.75) is 32.8 Å². The molecule has 7 nitrogen and oxygen atoms in total. The maximum absolute atomic E-state index is 12.4. The summed E-state index contributed by atoms with van der Waals surface area (Å²) < 4.78 is 5.50. The number of carbonyl (C=O) groups excluding carboxylic acids is 1. The van der Waals surface area contributed by atoms with Crippen LogP contribution in [0.5, 0.6) is 0 Å². The lowest BCUT2D eigenvalue weighted by molar-refractivity contribution is -0.141. The maximum Gasteiger partial charge on any atom is 0.251 e. The summed E-state index contributed by atoms with van der Waals surface area (Å²) in [4.78, 5) is 25.5. The van der Waals surface area contributed by atoms with E-state index in [1.165, 1.54) is 0 Å². The van der Waals surface area contributed by atoms with Gasteiger partial charge >= 0.3 is 0 Å². The highest BCUT2D eigenvalue weighted by Gasteiger charge is 2.30. The van der Waals surface area contributed by atoms with Crippen LogP contribution in [-0.2, 0) is 9.53 Å². The molecule has 1 amide bonds. The van der Waals surface area contributed by atoms with Crippen molar-refractivity contribution in [1.82, 2.24) is 14.9 Å². The molecule has 126 valence electrons. The molecule has 0 aromatic carbocycles. The van der Waals surface area contributed by atoms with E-state index in [1.54, 1.807) is 0 Å². The Kier molecular flexibility index (Phi) is 4.95. The van der Waals surface area contributed by atoms with Crippen LogP contribution in [0.3, 0.4) is 0 Å². The van der Waals surface area contributed by atoms with Gasteiger partial charge in [0.15, 0.2) is 0 Å². The number of nitrogens with one attached hydrogen (secondary N) is 1.